The van der Waals surface area contributed by atoms with Gasteiger partial charge < -0.3 is 5.32 Å². The van der Waals surface area contributed by atoms with Crippen LogP contribution in [0.3, 0.4) is 0 Å². The molecule has 3 rings (SSSR count). The van der Waals surface area contributed by atoms with Crippen LogP contribution in [0, 0.1) is 4.91 Å². The molecule has 0 radical (unpaired) electrons. The molecule has 0 aliphatic carbocycles. The number of amides is 1. The van der Waals surface area contributed by atoms with E-state index in [1.165, 1.54) is 10.6 Å². The van der Waals surface area contributed by atoms with Crippen LogP contribution < -0.4 is 5.32 Å². The molecular weight excluding hydrogens is 402 g/mol. The number of aromatic nitrogens is 3. The molecule has 2 aromatic heterocycles. The lowest BCUT2D eigenvalue weighted by Crippen LogP contribution is -2.06. The summed E-state index contributed by atoms with van der Waals surface area (Å²) in [5.74, 6) is -0.399. The van der Waals surface area contributed by atoms with Crippen LogP contribution in [-0.4, -0.2) is 20.5 Å². The minimum atomic E-state index is -0.955. The fourth-order valence-electron chi connectivity index (χ4n) is 2.77. The highest BCUT2D eigenvalue weighted by atomic mass is 35.5. The fourth-order valence-corrected chi connectivity index (χ4v) is 2.90. The molecule has 0 atom stereocenters. The van der Waals surface area contributed by atoms with E-state index in [-0.39, 0.29) is 5.69 Å². The first-order valence-electron chi connectivity index (χ1n) is 9.34. The maximum absolute atomic E-state index is 11.7. The Bertz CT molecular complexity index is 1150. The molecule has 7 nitrogen and oxygen atoms in total. The van der Waals surface area contributed by atoms with Gasteiger partial charge in [0.05, 0.1) is 5.69 Å². The Balaban J connectivity index is 2.09. The van der Waals surface area contributed by atoms with Crippen molar-refractivity contribution in [1.82, 2.24) is 14.6 Å². The third kappa shape index (κ3) is 4.87. The molecule has 0 saturated carbocycles. The van der Waals surface area contributed by atoms with Crippen molar-refractivity contribution in [3.63, 3.8) is 0 Å². The van der Waals surface area contributed by atoms with Crippen molar-refractivity contribution in [2.45, 2.75) is 19.8 Å². The average molecular weight is 422 g/mol. The monoisotopic (exact) mass is 421 g/mol. The molecule has 2 heterocycles. The van der Waals surface area contributed by atoms with Crippen molar-refractivity contribution < 1.29 is 4.79 Å². The number of allylic oxidation sites excluding steroid dienone is 4. The van der Waals surface area contributed by atoms with Crippen molar-refractivity contribution in [2.24, 2.45) is 5.18 Å². The van der Waals surface area contributed by atoms with E-state index in [9.17, 15) is 9.70 Å². The van der Waals surface area contributed by atoms with Crippen molar-refractivity contribution in [1.29, 1.82) is 0 Å². The van der Waals surface area contributed by atoms with Crippen LogP contribution in [0.15, 0.2) is 78.2 Å². The molecule has 3 aromatic rings. The van der Waals surface area contributed by atoms with Crippen molar-refractivity contribution in [2.75, 3.05) is 5.32 Å². The largest absolute Gasteiger partial charge is 0.340 e. The van der Waals surface area contributed by atoms with Crippen LogP contribution in [0.2, 0.25) is 5.02 Å². The van der Waals surface area contributed by atoms with Gasteiger partial charge in [-0.1, -0.05) is 55.5 Å². The maximum Gasteiger partial charge on any atom is 0.336 e. The van der Waals surface area contributed by atoms with E-state index in [4.69, 9.17) is 11.6 Å². The number of fused-ring (bicyclic) bond motifs is 1. The molecule has 8 heteroatoms. The minimum absolute atomic E-state index is 0.0798. The molecule has 0 saturated heterocycles. The smallest absolute Gasteiger partial charge is 0.336 e. The van der Waals surface area contributed by atoms with Gasteiger partial charge >= 0.3 is 5.91 Å². The van der Waals surface area contributed by atoms with E-state index >= 15 is 0 Å². The second-order valence-electron chi connectivity index (χ2n) is 6.33. The number of anilines is 1. The summed E-state index contributed by atoms with van der Waals surface area (Å²) in [5.41, 5.74) is 2.56. The lowest BCUT2D eigenvalue weighted by molar-refractivity contribution is 0.0996. The SMILES string of the molecule is C=C/C(=C\C/C=C\CC)Nc1cc(-c2ccc(Cl)cc2)nc2cc(C(=O)N=O)nn12. The van der Waals surface area contributed by atoms with Crippen LogP contribution >= 0.6 is 11.6 Å². The van der Waals surface area contributed by atoms with E-state index in [0.717, 1.165) is 24.1 Å². The van der Waals surface area contributed by atoms with E-state index < -0.39 is 5.91 Å². The topological polar surface area (TPSA) is 88.7 Å². The Hall–Kier alpha value is -3.58. The van der Waals surface area contributed by atoms with Crippen molar-refractivity contribution in [3.05, 3.63) is 88.6 Å². The lowest BCUT2D eigenvalue weighted by atomic mass is 10.1. The summed E-state index contributed by atoms with van der Waals surface area (Å²) < 4.78 is 1.46. The van der Waals surface area contributed by atoms with Crippen LogP contribution in [0.5, 0.6) is 0 Å². The number of hydrogen-bond acceptors (Lipinski definition) is 5. The van der Waals surface area contributed by atoms with Gasteiger partial charge in [0.25, 0.3) is 0 Å². The molecule has 0 spiro atoms. The Kier molecular flexibility index (Phi) is 6.87. The summed E-state index contributed by atoms with van der Waals surface area (Å²) in [6.07, 6.45) is 9.52. The quantitative estimate of drug-likeness (QED) is 0.282. The summed E-state index contributed by atoms with van der Waals surface area (Å²) in [7, 11) is 0. The predicted molar refractivity (Wildman–Crippen MR) is 120 cm³/mol. The van der Waals surface area contributed by atoms with Gasteiger partial charge in [0.1, 0.15) is 5.82 Å². The summed E-state index contributed by atoms with van der Waals surface area (Å²) in [5, 5.41) is 10.5. The molecule has 0 fully saturated rings. The molecule has 1 amide bonds. The van der Waals surface area contributed by atoms with E-state index in [1.54, 1.807) is 24.3 Å². The molecule has 1 N–H and O–H groups in total. The molecule has 152 valence electrons. The highest BCUT2D eigenvalue weighted by molar-refractivity contribution is 6.30. The van der Waals surface area contributed by atoms with Crippen LogP contribution in [0.25, 0.3) is 16.9 Å². The Morgan fingerprint density at radius 2 is 2.03 bits per heavy atom. The van der Waals surface area contributed by atoms with Crippen LogP contribution in [0.1, 0.15) is 30.3 Å². The number of nitrogens with one attached hydrogen (secondary N) is 1. The number of benzene rings is 1. The van der Waals surface area contributed by atoms with Gasteiger partial charge in [0.2, 0.25) is 0 Å². The first-order valence-corrected chi connectivity index (χ1v) is 9.72. The molecule has 0 unspecified atom stereocenters. The second-order valence-corrected chi connectivity index (χ2v) is 6.77. The van der Waals surface area contributed by atoms with Gasteiger partial charge in [-0.05, 0) is 31.1 Å². The maximum atomic E-state index is 11.7. The third-order valence-corrected chi connectivity index (χ3v) is 4.49. The number of nitrogens with zero attached hydrogens (tertiary/aromatic N) is 4. The third-order valence-electron chi connectivity index (χ3n) is 4.24. The zero-order chi connectivity index (χ0) is 21.5. The second kappa shape index (κ2) is 9.76. The molecule has 30 heavy (non-hydrogen) atoms. The zero-order valence-electron chi connectivity index (χ0n) is 16.4. The highest BCUT2D eigenvalue weighted by Gasteiger charge is 2.16. The normalized spacial score (nSPS) is 11.7. The van der Waals surface area contributed by atoms with Gasteiger partial charge in [0.15, 0.2) is 11.3 Å². The summed E-state index contributed by atoms with van der Waals surface area (Å²) in [4.78, 5) is 26.9. The molecule has 0 bridgehead atoms. The Morgan fingerprint density at radius 1 is 1.27 bits per heavy atom. The summed E-state index contributed by atoms with van der Waals surface area (Å²) >= 11 is 5.99. The van der Waals surface area contributed by atoms with Gasteiger partial charge in [-0.25, -0.2) is 4.98 Å². The standard InChI is InChI=1S/C22H20ClN5O2/c1-3-5-6-7-8-17(4-2)24-20-13-18(15-9-11-16(23)12-10-15)25-21-14-19(22(29)27-30)26-28(20)21/h4-6,8-14,24H,2-3,7H2,1H3/b6-5-,17-8+. The molecule has 0 aliphatic rings. The number of carbonyl (C=O) groups excluding carboxylic acids is 1. The summed E-state index contributed by atoms with van der Waals surface area (Å²) in [6, 6.07) is 10.5. The molecule has 0 aliphatic heterocycles. The van der Waals surface area contributed by atoms with Gasteiger partial charge in [0, 0.05) is 33.6 Å². The fraction of sp³-hybridized carbons (Fsp3) is 0.136. The Morgan fingerprint density at radius 3 is 2.70 bits per heavy atom. The predicted octanol–water partition coefficient (Wildman–Crippen LogP) is 5.79. The zero-order valence-corrected chi connectivity index (χ0v) is 17.1. The highest BCUT2D eigenvalue weighted by Crippen LogP contribution is 2.25. The Labute approximate surface area is 178 Å². The minimum Gasteiger partial charge on any atom is -0.340 e. The van der Waals surface area contributed by atoms with Crippen LogP contribution in [-0.2, 0) is 0 Å². The first-order chi connectivity index (χ1) is 14.5. The van der Waals surface area contributed by atoms with Crippen molar-refractivity contribution >= 4 is 29.0 Å². The number of nitroso groups, excluding NO2 is 1. The van der Waals surface area contributed by atoms with Gasteiger partial charge in [-0.3, -0.25) is 4.79 Å². The molecule has 1 aromatic carbocycles. The van der Waals surface area contributed by atoms with E-state index in [1.807, 2.05) is 18.2 Å². The van der Waals surface area contributed by atoms with E-state index in [2.05, 4.69) is 46.2 Å². The number of halogens is 1. The lowest BCUT2D eigenvalue weighted by Gasteiger charge is -2.11. The average Bonchev–Trinajstić information content (AvgIpc) is 3.20. The van der Waals surface area contributed by atoms with Crippen LogP contribution in [0.4, 0.5) is 5.82 Å². The van der Waals surface area contributed by atoms with Crippen molar-refractivity contribution in [3.8, 4) is 11.3 Å². The first kappa shape index (κ1) is 21.1. The number of hydrogen-bond donors (Lipinski definition) is 1. The summed E-state index contributed by atoms with van der Waals surface area (Å²) in [6.45, 7) is 5.92. The van der Waals surface area contributed by atoms with Gasteiger partial charge in [-0.2, -0.15) is 9.61 Å². The van der Waals surface area contributed by atoms with E-state index in [0.29, 0.717) is 22.2 Å². The number of rotatable bonds is 8. The number of carbonyl (C=O) groups is 1. The molecular formula is C22H20ClN5O2. The van der Waals surface area contributed by atoms with Gasteiger partial charge in [-0.15, -0.1) is 4.91 Å².